The number of amides is 1. The summed E-state index contributed by atoms with van der Waals surface area (Å²) in [6.07, 6.45) is 3.18. The highest BCUT2D eigenvalue weighted by molar-refractivity contribution is 7.71. The Hall–Kier alpha value is -2.73. The fourth-order valence-corrected chi connectivity index (χ4v) is 4.15. The molecule has 150 valence electrons. The minimum atomic E-state index is 0.106. The lowest BCUT2D eigenvalue weighted by Crippen LogP contribution is -2.40. The molecule has 1 aliphatic rings. The minimum absolute atomic E-state index is 0.106. The van der Waals surface area contributed by atoms with Gasteiger partial charge in [-0.05, 0) is 49.9 Å². The van der Waals surface area contributed by atoms with Crippen molar-refractivity contribution in [3.8, 4) is 11.4 Å². The quantitative estimate of drug-likeness (QED) is 0.639. The molecule has 2 heterocycles. The van der Waals surface area contributed by atoms with E-state index in [1.807, 2.05) is 36.1 Å². The Balaban J connectivity index is 1.39. The number of nitrogens with zero attached hydrogens (tertiary/aromatic N) is 3. The Morgan fingerprint density at radius 1 is 1.10 bits per heavy atom. The zero-order valence-corrected chi connectivity index (χ0v) is 17.5. The molecule has 1 fully saturated rings. The van der Waals surface area contributed by atoms with Crippen molar-refractivity contribution in [2.45, 2.75) is 32.7 Å². The standard InChI is InChI=1S/C23H26N4OS/c1-17-7-9-20(10-8-17)22-24-25-23(29)27(22)16-21(28)26-13-11-19(12-14-26)15-18-5-3-2-4-6-18/h2-10,19H,11-16H2,1H3,(H,25,29). The van der Waals surface area contributed by atoms with Crippen LogP contribution in [-0.4, -0.2) is 38.7 Å². The summed E-state index contributed by atoms with van der Waals surface area (Å²) in [6, 6.07) is 18.7. The van der Waals surface area contributed by atoms with Crippen molar-refractivity contribution in [2.24, 2.45) is 5.92 Å². The van der Waals surface area contributed by atoms with Crippen LogP contribution in [0.3, 0.4) is 0 Å². The van der Waals surface area contributed by atoms with E-state index in [1.54, 1.807) is 4.57 Å². The summed E-state index contributed by atoms with van der Waals surface area (Å²) in [5.74, 6) is 1.46. The van der Waals surface area contributed by atoms with E-state index < -0.39 is 0 Å². The zero-order valence-electron chi connectivity index (χ0n) is 16.7. The van der Waals surface area contributed by atoms with Gasteiger partial charge in [0.15, 0.2) is 10.6 Å². The number of nitrogens with one attached hydrogen (secondary N) is 1. The molecule has 29 heavy (non-hydrogen) atoms. The number of aromatic nitrogens is 3. The van der Waals surface area contributed by atoms with Crippen LogP contribution in [0.25, 0.3) is 11.4 Å². The number of aromatic amines is 1. The Morgan fingerprint density at radius 2 is 1.79 bits per heavy atom. The van der Waals surface area contributed by atoms with Gasteiger partial charge >= 0.3 is 0 Å². The van der Waals surface area contributed by atoms with Gasteiger partial charge in [0.1, 0.15) is 6.54 Å². The van der Waals surface area contributed by atoms with Crippen molar-refractivity contribution in [3.63, 3.8) is 0 Å². The van der Waals surface area contributed by atoms with Gasteiger partial charge in [0, 0.05) is 18.7 Å². The predicted octanol–water partition coefficient (Wildman–Crippen LogP) is 4.40. The van der Waals surface area contributed by atoms with Crippen LogP contribution in [0.1, 0.15) is 24.0 Å². The summed E-state index contributed by atoms with van der Waals surface area (Å²) in [5.41, 5.74) is 3.52. The Labute approximate surface area is 176 Å². The van der Waals surface area contributed by atoms with E-state index in [4.69, 9.17) is 12.2 Å². The van der Waals surface area contributed by atoms with E-state index in [9.17, 15) is 4.79 Å². The van der Waals surface area contributed by atoms with Crippen LogP contribution in [0.2, 0.25) is 0 Å². The SMILES string of the molecule is Cc1ccc(-c2n[nH]c(=S)n2CC(=O)N2CCC(Cc3ccccc3)CC2)cc1. The molecule has 0 aliphatic carbocycles. The van der Waals surface area contributed by atoms with Crippen molar-refractivity contribution in [3.05, 3.63) is 70.5 Å². The molecule has 0 radical (unpaired) electrons. The normalized spacial score (nSPS) is 14.9. The van der Waals surface area contributed by atoms with Crippen LogP contribution in [0.15, 0.2) is 54.6 Å². The molecule has 0 atom stereocenters. The molecule has 4 rings (SSSR count). The highest BCUT2D eigenvalue weighted by atomic mass is 32.1. The van der Waals surface area contributed by atoms with Crippen LogP contribution in [0.5, 0.6) is 0 Å². The molecular formula is C23H26N4OS. The van der Waals surface area contributed by atoms with Crippen molar-refractivity contribution < 1.29 is 4.79 Å². The largest absolute Gasteiger partial charge is 0.341 e. The lowest BCUT2D eigenvalue weighted by Gasteiger charge is -2.32. The smallest absolute Gasteiger partial charge is 0.242 e. The van der Waals surface area contributed by atoms with Gasteiger partial charge in [-0.3, -0.25) is 14.5 Å². The number of benzene rings is 2. The number of carbonyl (C=O) groups is 1. The minimum Gasteiger partial charge on any atom is -0.341 e. The van der Waals surface area contributed by atoms with Gasteiger partial charge in [-0.15, -0.1) is 0 Å². The van der Waals surface area contributed by atoms with Gasteiger partial charge in [0.25, 0.3) is 0 Å². The van der Waals surface area contributed by atoms with Crippen molar-refractivity contribution >= 4 is 18.1 Å². The number of carbonyl (C=O) groups excluding carboxylic acids is 1. The van der Waals surface area contributed by atoms with Gasteiger partial charge in [-0.1, -0.05) is 60.2 Å². The summed E-state index contributed by atoms with van der Waals surface area (Å²) in [6.45, 7) is 3.89. The van der Waals surface area contributed by atoms with Crippen molar-refractivity contribution in [1.82, 2.24) is 19.7 Å². The maximum atomic E-state index is 12.9. The van der Waals surface area contributed by atoms with Gasteiger partial charge in [-0.2, -0.15) is 5.10 Å². The van der Waals surface area contributed by atoms with Gasteiger partial charge < -0.3 is 4.90 Å². The first-order valence-electron chi connectivity index (χ1n) is 10.1. The van der Waals surface area contributed by atoms with Crippen molar-refractivity contribution in [1.29, 1.82) is 0 Å². The first-order chi connectivity index (χ1) is 14.1. The molecular weight excluding hydrogens is 380 g/mol. The number of rotatable bonds is 5. The molecule has 1 amide bonds. The number of H-pyrrole nitrogens is 1. The fraction of sp³-hybridized carbons (Fsp3) is 0.348. The van der Waals surface area contributed by atoms with Crippen LogP contribution in [0, 0.1) is 17.6 Å². The van der Waals surface area contributed by atoms with Crippen LogP contribution < -0.4 is 0 Å². The average molecular weight is 407 g/mol. The third-order valence-corrected chi connectivity index (χ3v) is 6.01. The zero-order chi connectivity index (χ0) is 20.2. The fourth-order valence-electron chi connectivity index (χ4n) is 3.96. The molecule has 1 saturated heterocycles. The molecule has 0 bridgehead atoms. The van der Waals surface area contributed by atoms with E-state index in [0.717, 1.165) is 37.9 Å². The second-order valence-corrected chi connectivity index (χ2v) is 8.21. The molecule has 0 saturated carbocycles. The summed E-state index contributed by atoms with van der Waals surface area (Å²) in [4.78, 5) is 14.9. The molecule has 6 heteroatoms. The number of piperidine rings is 1. The summed E-state index contributed by atoms with van der Waals surface area (Å²) >= 11 is 5.38. The Bertz CT molecular complexity index is 1020. The van der Waals surface area contributed by atoms with Crippen LogP contribution in [-0.2, 0) is 17.8 Å². The second-order valence-electron chi connectivity index (χ2n) is 7.82. The van der Waals surface area contributed by atoms with E-state index in [1.165, 1.54) is 11.1 Å². The summed E-state index contributed by atoms with van der Waals surface area (Å²) in [5, 5.41) is 7.19. The lowest BCUT2D eigenvalue weighted by atomic mass is 9.90. The van der Waals surface area contributed by atoms with E-state index >= 15 is 0 Å². The highest BCUT2D eigenvalue weighted by Gasteiger charge is 2.24. The van der Waals surface area contributed by atoms with Gasteiger partial charge in [-0.25, -0.2) is 0 Å². The van der Waals surface area contributed by atoms with E-state index in [2.05, 4.69) is 40.5 Å². The molecule has 1 N–H and O–H groups in total. The molecule has 5 nitrogen and oxygen atoms in total. The summed E-state index contributed by atoms with van der Waals surface area (Å²) < 4.78 is 2.28. The molecule has 1 aliphatic heterocycles. The molecule has 0 unspecified atom stereocenters. The maximum absolute atomic E-state index is 12.9. The Morgan fingerprint density at radius 3 is 2.48 bits per heavy atom. The average Bonchev–Trinajstić information content (AvgIpc) is 3.10. The number of hydrogen-bond acceptors (Lipinski definition) is 3. The monoisotopic (exact) mass is 406 g/mol. The van der Waals surface area contributed by atoms with Crippen LogP contribution >= 0.6 is 12.2 Å². The molecule has 3 aromatic rings. The molecule has 0 spiro atoms. The second kappa shape index (κ2) is 8.74. The van der Waals surface area contributed by atoms with Crippen LogP contribution in [0.4, 0.5) is 0 Å². The number of likely N-dealkylation sites (tertiary alicyclic amines) is 1. The van der Waals surface area contributed by atoms with Crippen molar-refractivity contribution in [2.75, 3.05) is 13.1 Å². The number of aryl methyl sites for hydroxylation is 1. The summed E-state index contributed by atoms with van der Waals surface area (Å²) in [7, 11) is 0. The maximum Gasteiger partial charge on any atom is 0.242 e. The topological polar surface area (TPSA) is 53.9 Å². The van der Waals surface area contributed by atoms with E-state index in [-0.39, 0.29) is 12.5 Å². The third kappa shape index (κ3) is 4.65. The number of hydrogen-bond donors (Lipinski definition) is 1. The van der Waals surface area contributed by atoms with E-state index in [0.29, 0.717) is 16.5 Å². The van der Waals surface area contributed by atoms with Gasteiger partial charge in [0.05, 0.1) is 0 Å². The first-order valence-corrected chi connectivity index (χ1v) is 10.5. The van der Waals surface area contributed by atoms with Gasteiger partial charge in [0.2, 0.25) is 5.91 Å². The first kappa shape index (κ1) is 19.6. The molecule has 1 aromatic heterocycles. The lowest BCUT2D eigenvalue weighted by molar-refractivity contribution is -0.133. The highest BCUT2D eigenvalue weighted by Crippen LogP contribution is 2.23. The predicted molar refractivity (Wildman–Crippen MR) is 117 cm³/mol. The Kier molecular flexibility index (Phi) is 5.90. The molecule has 2 aromatic carbocycles. The third-order valence-electron chi connectivity index (χ3n) is 5.70.